The van der Waals surface area contributed by atoms with E-state index in [0.717, 1.165) is 35.3 Å². The largest absolute Gasteiger partial charge is 0.491 e. The highest BCUT2D eigenvalue weighted by molar-refractivity contribution is 5.76. The van der Waals surface area contributed by atoms with Crippen LogP contribution in [0.3, 0.4) is 0 Å². The molecule has 162 valence electrons. The molecule has 0 bridgehead atoms. The van der Waals surface area contributed by atoms with Crippen LogP contribution in [0.2, 0.25) is 0 Å². The van der Waals surface area contributed by atoms with Crippen LogP contribution in [0.1, 0.15) is 59.1 Å². The second-order valence-corrected chi connectivity index (χ2v) is 9.44. The fourth-order valence-corrected chi connectivity index (χ4v) is 4.30. The number of carbonyl (C=O) groups is 1. The number of benzene rings is 1. The number of pyridine rings is 1. The Kier molecular flexibility index (Phi) is 6.54. The molecule has 0 spiro atoms. The lowest BCUT2D eigenvalue weighted by Gasteiger charge is -2.27. The Labute approximate surface area is 178 Å². The van der Waals surface area contributed by atoms with Crippen molar-refractivity contribution in [2.24, 2.45) is 11.3 Å². The molecule has 0 saturated carbocycles. The van der Waals surface area contributed by atoms with E-state index in [1.165, 1.54) is 0 Å². The van der Waals surface area contributed by atoms with Gasteiger partial charge < -0.3 is 19.9 Å². The first kappa shape index (κ1) is 21.9. The van der Waals surface area contributed by atoms with Crippen molar-refractivity contribution in [3.05, 3.63) is 42.2 Å². The molecule has 6 heteroatoms. The minimum absolute atomic E-state index is 0.0869. The van der Waals surface area contributed by atoms with Gasteiger partial charge in [0.2, 0.25) is 0 Å². The monoisotopic (exact) mass is 412 g/mol. The van der Waals surface area contributed by atoms with Gasteiger partial charge >= 0.3 is 6.09 Å². The molecule has 1 aliphatic rings. The van der Waals surface area contributed by atoms with Crippen LogP contribution in [-0.4, -0.2) is 28.8 Å². The lowest BCUT2D eigenvalue weighted by Crippen LogP contribution is -2.39. The molecule has 0 radical (unpaired) electrons. The number of rotatable bonds is 7. The van der Waals surface area contributed by atoms with Crippen molar-refractivity contribution >= 4 is 6.09 Å². The van der Waals surface area contributed by atoms with Crippen molar-refractivity contribution in [2.75, 3.05) is 6.61 Å². The van der Waals surface area contributed by atoms with Gasteiger partial charge in [0.05, 0.1) is 6.04 Å². The Balaban J connectivity index is 1.69. The van der Waals surface area contributed by atoms with Crippen molar-refractivity contribution in [1.29, 1.82) is 0 Å². The summed E-state index contributed by atoms with van der Waals surface area (Å²) in [6.07, 6.45) is 4.25. The molecule has 3 rings (SSSR count). The number of aromatic nitrogens is 1. The Hall–Kier alpha value is -2.76. The average molecular weight is 413 g/mol. The number of hydrogen-bond acceptors (Lipinski definition) is 4. The van der Waals surface area contributed by atoms with Crippen LogP contribution in [-0.2, 0) is 0 Å². The van der Waals surface area contributed by atoms with Gasteiger partial charge in [-0.05, 0) is 54.9 Å². The molecule has 0 fully saturated rings. The van der Waals surface area contributed by atoms with Gasteiger partial charge in [-0.15, -0.1) is 0 Å². The van der Waals surface area contributed by atoms with Gasteiger partial charge in [0, 0.05) is 29.6 Å². The zero-order chi connectivity index (χ0) is 21.9. The third-order valence-corrected chi connectivity index (χ3v) is 5.26. The van der Waals surface area contributed by atoms with Crippen LogP contribution in [0.4, 0.5) is 4.79 Å². The molecule has 2 unspecified atom stereocenters. The smallest absolute Gasteiger partial charge is 0.404 e. The second-order valence-electron chi connectivity index (χ2n) is 9.44. The first-order valence-electron chi connectivity index (χ1n) is 10.5. The van der Waals surface area contributed by atoms with Crippen molar-refractivity contribution < 1.29 is 19.4 Å². The summed E-state index contributed by atoms with van der Waals surface area (Å²) in [6.45, 7) is 11.0. The Bertz CT molecular complexity index is 891. The van der Waals surface area contributed by atoms with Crippen LogP contribution in [0, 0.1) is 11.3 Å². The highest BCUT2D eigenvalue weighted by Gasteiger charge is 2.24. The minimum Gasteiger partial charge on any atom is -0.491 e. The van der Waals surface area contributed by atoms with Crippen LogP contribution in [0.15, 0.2) is 36.7 Å². The van der Waals surface area contributed by atoms with E-state index in [2.05, 4.69) is 38.0 Å². The Morgan fingerprint density at radius 1 is 1.30 bits per heavy atom. The van der Waals surface area contributed by atoms with Gasteiger partial charge in [-0.2, -0.15) is 0 Å². The topological polar surface area (TPSA) is 80.7 Å². The second kappa shape index (κ2) is 8.94. The molecule has 30 heavy (non-hydrogen) atoms. The SMILES string of the molecule is CC(C[C@@H](COc1ccc2c(c1)OC(C)c1cnccc1-2)NC(=O)O)CC(C)(C)C. The maximum Gasteiger partial charge on any atom is 0.404 e. The van der Waals surface area contributed by atoms with Gasteiger partial charge in [-0.25, -0.2) is 4.79 Å². The predicted octanol–water partition coefficient (Wildman–Crippen LogP) is 5.68. The summed E-state index contributed by atoms with van der Waals surface area (Å²) in [6, 6.07) is 7.49. The highest BCUT2D eigenvalue weighted by Crippen LogP contribution is 2.43. The summed E-state index contributed by atoms with van der Waals surface area (Å²) in [5.74, 6) is 1.81. The quantitative estimate of drug-likeness (QED) is 0.611. The first-order valence-corrected chi connectivity index (χ1v) is 10.5. The van der Waals surface area contributed by atoms with Gasteiger partial charge in [0.25, 0.3) is 0 Å². The molecule has 1 aliphatic heterocycles. The van der Waals surface area contributed by atoms with E-state index < -0.39 is 6.09 Å². The molecule has 2 N–H and O–H groups in total. The molecular weight excluding hydrogens is 380 g/mol. The zero-order valence-corrected chi connectivity index (χ0v) is 18.4. The number of nitrogens with one attached hydrogen (secondary N) is 1. The lowest BCUT2D eigenvalue weighted by molar-refractivity contribution is 0.171. The van der Waals surface area contributed by atoms with Gasteiger partial charge in [0.15, 0.2) is 0 Å². The maximum absolute atomic E-state index is 11.2. The normalized spacial score (nSPS) is 17.2. The first-order chi connectivity index (χ1) is 14.1. The molecular formula is C24H32N2O4. The number of ether oxygens (including phenoxy) is 2. The number of carboxylic acid groups (broad SMARTS) is 1. The third kappa shape index (κ3) is 5.65. The fraction of sp³-hybridized carbons (Fsp3) is 0.500. The van der Waals surface area contributed by atoms with Crippen LogP contribution < -0.4 is 14.8 Å². The van der Waals surface area contributed by atoms with Crippen LogP contribution >= 0.6 is 0 Å². The minimum atomic E-state index is -1.03. The summed E-state index contributed by atoms with van der Waals surface area (Å²) >= 11 is 0. The molecule has 6 nitrogen and oxygen atoms in total. The summed E-state index contributed by atoms with van der Waals surface area (Å²) in [4.78, 5) is 15.4. The highest BCUT2D eigenvalue weighted by atomic mass is 16.5. The van der Waals surface area contributed by atoms with Crippen LogP contribution in [0.25, 0.3) is 11.1 Å². The summed E-state index contributed by atoms with van der Waals surface area (Å²) in [5, 5.41) is 11.8. The van der Waals surface area contributed by atoms with E-state index in [-0.39, 0.29) is 24.2 Å². The standard InChI is InChI=1S/C24H32N2O4/c1-15(12-24(3,4)5)10-17(26-23(27)28)14-29-18-6-7-20-19-8-9-25-13-21(19)16(2)30-22(20)11-18/h6-9,11,13,15-17,26H,10,12,14H2,1-5H3,(H,27,28)/t15?,16?,17-/m0/s1. The lowest BCUT2D eigenvalue weighted by atomic mass is 9.83. The summed E-state index contributed by atoms with van der Waals surface area (Å²) < 4.78 is 12.0. The zero-order valence-electron chi connectivity index (χ0n) is 18.4. The summed E-state index contributed by atoms with van der Waals surface area (Å²) in [7, 11) is 0. The number of amides is 1. The molecule has 1 aromatic carbocycles. The Morgan fingerprint density at radius 3 is 2.77 bits per heavy atom. The molecule has 1 aromatic heterocycles. The van der Waals surface area contributed by atoms with E-state index in [4.69, 9.17) is 9.47 Å². The predicted molar refractivity (Wildman–Crippen MR) is 117 cm³/mol. The fourth-order valence-electron chi connectivity index (χ4n) is 4.30. The third-order valence-electron chi connectivity index (χ3n) is 5.26. The van der Waals surface area contributed by atoms with E-state index >= 15 is 0 Å². The van der Waals surface area contributed by atoms with Crippen molar-refractivity contribution in [3.8, 4) is 22.6 Å². The van der Waals surface area contributed by atoms with Gasteiger partial charge in [-0.1, -0.05) is 27.7 Å². The van der Waals surface area contributed by atoms with E-state index in [1.54, 1.807) is 6.20 Å². The average Bonchev–Trinajstić information content (AvgIpc) is 2.64. The molecule has 0 aliphatic carbocycles. The molecule has 2 heterocycles. The van der Waals surface area contributed by atoms with E-state index in [9.17, 15) is 9.90 Å². The van der Waals surface area contributed by atoms with E-state index in [0.29, 0.717) is 11.7 Å². The van der Waals surface area contributed by atoms with Crippen molar-refractivity contribution in [2.45, 2.75) is 59.6 Å². The van der Waals surface area contributed by atoms with Crippen molar-refractivity contribution in [1.82, 2.24) is 10.3 Å². The summed E-state index contributed by atoms with van der Waals surface area (Å²) in [5.41, 5.74) is 3.40. The molecule has 2 aromatic rings. The Morgan fingerprint density at radius 2 is 2.07 bits per heavy atom. The van der Waals surface area contributed by atoms with Gasteiger partial charge in [-0.3, -0.25) is 4.98 Å². The van der Waals surface area contributed by atoms with Gasteiger partial charge in [0.1, 0.15) is 24.2 Å². The number of nitrogens with zero attached hydrogens (tertiary/aromatic N) is 1. The molecule has 0 saturated heterocycles. The van der Waals surface area contributed by atoms with Crippen LogP contribution in [0.5, 0.6) is 11.5 Å². The van der Waals surface area contributed by atoms with Crippen molar-refractivity contribution in [3.63, 3.8) is 0 Å². The molecule has 1 amide bonds. The van der Waals surface area contributed by atoms with E-state index in [1.807, 2.05) is 37.4 Å². The molecule has 3 atom stereocenters. The number of fused-ring (bicyclic) bond motifs is 3. The number of hydrogen-bond donors (Lipinski definition) is 2. The maximum atomic E-state index is 11.2.